The molecule has 0 bridgehead atoms. The van der Waals surface area contributed by atoms with Gasteiger partial charge in [0.1, 0.15) is 0 Å². The van der Waals surface area contributed by atoms with Crippen LogP contribution in [0.3, 0.4) is 0 Å². The molecule has 2 N–H and O–H groups in total. The topological polar surface area (TPSA) is 61.8 Å². The molecule has 1 rings (SSSR count). The second-order valence-corrected chi connectivity index (χ2v) is 2.79. The quantitative estimate of drug-likeness (QED) is 0.576. The fourth-order valence-electron chi connectivity index (χ4n) is 1.18. The van der Waals surface area contributed by atoms with Crippen molar-refractivity contribution >= 4 is 6.03 Å². The Morgan fingerprint density at radius 2 is 2.58 bits per heavy atom. The Kier molecular flexibility index (Phi) is 3.31. The Morgan fingerprint density at radius 1 is 1.83 bits per heavy atom. The minimum atomic E-state index is -0.584. The maximum absolute atomic E-state index is 11.0. The lowest BCUT2D eigenvalue weighted by atomic mass is 10.3. The van der Waals surface area contributed by atoms with Gasteiger partial charge in [-0.05, 0) is 0 Å². The average molecular weight is 174 g/mol. The number of hydrogen-bond donors (Lipinski definition) is 2. The minimum Gasteiger partial charge on any atom is -0.389 e. The highest BCUT2D eigenvalue weighted by Gasteiger charge is 2.21. The van der Waals surface area contributed by atoms with Crippen molar-refractivity contribution in [1.82, 2.24) is 10.2 Å². The smallest absolute Gasteiger partial charge is 0.317 e. The van der Waals surface area contributed by atoms with Crippen LogP contribution in [0.4, 0.5) is 4.79 Å². The molecule has 0 spiro atoms. The van der Waals surface area contributed by atoms with Crippen molar-refractivity contribution in [3.05, 3.63) is 0 Å². The Hall–Kier alpha value is -0.810. The molecule has 1 atom stereocenters. The molecule has 70 valence electrons. The van der Waals surface area contributed by atoms with E-state index in [4.69, 9.17) is 4.74 Å². The van der Waals surface area contributed by atoms with Gasteiger partial charge in [0, 0.05) is 20.2 Å². The average Bonchev–Trinajstić information content (AvgIpc) is 2.37. The number of ether oxygens (including phenoxy) is 1. The van der Waals surface area contributed by atoms with Crippen molar-refractivity contribution in [1.29, 1.82) is 0 Å². The van der Waals surface area contributed by atoms with E-state index in [9.17, 15) is 9.90 Å². The first-order valence-corrected chi connectivity index (χ1v) is 3.94. The molecule has 0 aromatic rings. The lowest BCUT2D eigenvalue weighted by Crippen LogP contribution is -2.36. The van der Waals surface area contributed by atoms with E-state index in [1.165, 1.54) is 7.11 Å². The zero-order chi connectivity index (χ0) is 8.97. The van der Waals surface area contributed by atoms with Crippen LogP contribution >= 0.6 is 0 Å². The molecular formula is C7H14N2O3. The zero-order valence-electron chi connectivity index (χ0n) is 7.12. The molecule has 12 heavy (non-hydrogen) atoms. The van der Waals surface area contributed by atoms with E-state index < -0.39 is 6.10 Å². The van der Waals surface area contributed by atoms with Crippen LogP contribution in [0.15, 0.2) is 0 Å². The predicted octanol–water partition coefficient (Wildman–Crippen LogP) is -0.981. The van der Waals surface area contributed by atoms with Crippen LogP contribution in [-0.4, -0.2) is 55.5 Å². The number of aliphatic hydroxyl groups is 1. The first-order chi connectivity index (χ1) is 5.74. The highest BCUT2D eigenvalue weighted by Crippen LogP contribution is 1.98. The van der Waals surface area contributed by atoms with Crippen LogP contribution < -0.4 is 5.32 Å². The Bertz CT molecular complexity index is 163. The molecule has 0 radical (unpaired) electrons. The normalized spacial score (nSPS) is 19.5. The van der Waals surface area contributed by atoms with Crippen LogP contribution in [0, 0.1) is 0 Å². The number of nitrogens with zero attached hydrogens (tertiary/aromatic N) is 1. The van der Waals surface area contributed by atoms with Crippen molar-refractivity contribution in [3.8, 4) is 0 Å². The van der Waals surface area contributed by atoms with Crippen LogP contribution in [0.25, 0.3) is 0 Å². The molecule has 1 fully saturated rings. The summed E-state index contributed by atoms with van der Waals surface area (Å²) in [5.74, 6) is 0. The van der Waals surface area contributed by atoms with E-state index in [1.54, 1.807) is 4.90 Å². The van der Waals surface area contributed by atoms with E-state index >= 15 is 0 Å². The summed E-state index contributed by atoms with van der Waals surface area (Å²) in [7, 11) is 1.52. The number of amides is 2. The van der Waals surface area contributed by atoms with Crippen LogP contribution in [-0.2, 0) is 4.74 Å². The van der Waals surface area contributed by atoms with Gasteiger partial charge in [-0.2, -0.15) is 0 Å². The van der Waals surface area contributed by atoms with Gasteiger partial charge in [-0.25, -0.2) is 4.79 Å². The summed E-state index contributed by atoms with van der Waals surface area (Å²) < 4.78 is 4.74. The minimum absolute atomic E-state index is 0.106. The molecule has 0 saturated carbocycles. The van der Waals surface area contributed by atoms with Crippen molar-refractivity contribution in [3.63, 3.8) is 0 Å². The standard InChI is InChI=1S/C7H14N2O3/c1-12-5-6(10)4-9-3-2-8-7(9)11/h6,10H,2-5H2,1H3,(H,8,11). The van der Waals surface area contributed by atoms with Gasteiger partial charge in [-0.3, -0.25) is 0 Å². The fraction of sp³-hybridized carbons (Fsp3) is 0.857. The molecule has 0 aliphatic carbocycles. The van der Waals surface area contributed by atoms with Gasteiger partial charge in [-0.1, -0.05) is 0 Å². The molecule has 1 aliphatic rings. The highest BCUT2D eigenvalue weighted by atomic mass is 16.5. The lowest BCUT2D eigenvalue weighted by molar-refractivity contribution is 0.0485. The van der Waals surface area contributed by atoms with Gasteiger partial charge in [0.25, 0.3) is 0 Å². The van der Waals surface area contributed by atoms with Crippen molar-refractivity contribution in [2.75, 3.05) is 33.4 Å². The molecule has 1 unspecified atom stereocenters. The number of aliphatic hydroxyl groups excluding tert-OH is 1. The van der Waals surface area contributed by atoms with Crippen molar-refractivity contribution in [2.24, 2.45) is 0 Å². The maximum Gasteiger partial charge on any atom is 0.317 e. The van der Waals surface area contributed by atoms with E-state index in [2.05, 4.69) is 5.32 Å². The Balaban J connectivity index is 2.25. The van der Waals surface area contributed by atoms with E-state index in [1.807, 2.05) is 0 Å². The number of carbonyl (C=O) groups excluding carboxylic acids is 1. The largest absolute Gasteiger partial charge is 0.389 e. The third-order valence-electron chi connectivity index (χ3n) is 1.74. The van der Waals surface area contributed by atoms with E-state index in [-0.39, 0.29) is 12.6 Å². The third-order valence-corrected chi connectivity index (χ3v) is 1.74. The number of methoxy groups -OCH3 is 1. The summed E-state index contributed by atoms with van der Waals surface area (Å²) >= 11 is 0. The molecule has 0 aromatic heterocycles. The summed E-state index contributed by atoms with van der Waals surface area (Å²) in [6, 6.07) is -0.106. The van der Waals surface area contributed by atoms with Crippen molar-refractivity contribution < 1.29 is 14.6 Å². The zero-order valence-corrected chi connectivity index (χ0v) is 7.12. The number of urea groups is 1. The highest BCUT2D eigenvalue weighted by molar-refractivity contribution is 5.76. The monoisotopic (exact) mass is 174 g/mol. The predicted molar refractivity (Wildman–Crippen MR) is 42.9 cm³/mol. The van der Waals surface area contributed by atoms with Gasteiger partial charge >= 0.3 is 6.03 Å². The fourth-order valence-corrected chi connectivity index (χ4v) is 1.18. The van der Waals surface area contributed by atoms with Crippen LogP contribution in [0.1, 0.15) is 0 Å². The Labute approximate surface area is 71.3 Å². The SMILES string of the molecule is COCC(O)CN1CCNC1=O. The second kappa shape index (κ2) is 4.27. The van der Waals surface area contributed by atoms with Crippen LogP contribution in [0.2, 0.25) is 0 Å². The van der Waals surface area contributed by atoms with Gasteiger partial charge < -0.3 is 20.1 Å². The van der Waals surface area contributed by atoms with Crippen LogP contribution in [0.5, 0.6) is 0 Å². The second-order valence-electron chi connectivity index (χ2n) is 2.79. The number of β-amino-alcohol motifs (C(OH)–C–C–N with tert-alkyl or cyclic N) is 1. The summed E-state index contributed by atoms with van der Waals surface area (Å²) in [4.78, 5) is 12.6. The number of nitrogens with one attached hydrogen (secondary N) is 1. The first-order valence-electron chi connectivity index (χ1n) is 3.94. The number of hydrogen-bond acceptors (Lipinski definition) is 3. The third kappa shape index (κ3) is 2.35. The summed E-state index contributed by atoms with van der Waals surface area (Å²) in [5.41, 5.74) is 0. The molecule has 5 nitrogen and oxygen atoms in total. The summed E-state index contributed by atoms with van der Waals surface area (Å²) in [6.45, 7) is 1.95. The van der Waals surface area contributed by atoms with E-state index in [0.717, 1.165) is 0 Å². The number of carbonyl (C=O) groups is 1. The van der Waals surface area contributed by atoms with Gasteiger partial charge in [0.15, 0.2) is 0 Å². The summed E-state index contributed by atoms with van der Waals surface area (Å²) in [6.07, 6.45) is -0.584. The molecule has 5 heteroatoms. The lowest BCUT2D eigenvalue weighted by Gasteiger charge is -2.17. The summed E-state index contributed by atoms with van der Waals surface area (Å²) in [5, 5.41) is 11.9. The Morgan fingerprint density at radius 3 is 3.08 bits per heavy atom. The number of rotatable bonds is 4. The molecule has 1 aliphatic heterocycles. The molecular weight excluding hydrogens is 160 g/mol. The first kappa shape index (κ1) is 9.28. The van der Waals surface area contributed by atoms with E-state index in [0.29, 0.717) is 19.6 Å². The molecule has 1 heterocycles. The maximum atomic E-state index is 11.0. The van der Waals surface area contributed by atoms with Crippen molar-refractivity contribution in [2.45, 2.75) is 6.10 Å². The molecule has 2 amide bonds. The molecule has 1 saturated heterocycles. The van der Waals surface area contributed by atoms with Gasteiger partial charge in [0.2, 0.25) is 0 Å². The van der Waals surface area contributed by atoms with Gasteiger partial charge in [0.05, 0.1) is 19.3 Å². The molecule has 0 aromatic carbocycles. The van der Waals surface area contributed by atoms with Gasteiger partial charge in [-0.15, -0.1) is 0 Å².